The van der Waals surface area contributed by atoms with Crippen molar-refractivity contribution >= 4 is 11.6 Å². The van der Waals surface area contributed by atoms with Crippen molar-refractivity contribution in [3.05, 3.63) is 80.5 Å². The molecule has 3 N–H and O–H groups in total. The Bertz CT molecular complexity index is 1590. The van der Waals surface area contributed by atoms with Crippen LogP contribution in [0.25, 0.3) is 11.1 Å². The maximum absolute atomic E-state index is 14.0. The van der Waals surface area contributed by atoms with E-state index in [-0.39, 0.29) is 30.0 Å². The number of hydrogen-bond acceptors (Lipinski definition) is 7. The third kappa shape index (κ3) is 8.13. The molecular weight excluding hydrogens is 588 g/mol. The molecule has 1 atom stereocenters. The van der Waals surface area contributed by atoms with Crippen molar-refractivity contribution in [3.8, 4) is 11.1 Å². The summed E-state index contributed by atoms with van der Waals surface area (Å²) >= 11 is 0. The second-order valence-corrected chi connectivity index (χ2v) is 14.1. The lowest BCUT2D eigenvalue weighted by Gasteiger charge is -2.40. The number of nitrogens with one attached hydrogen (secondary N) is 2. The summed E-state index contributed by atoms with van der Waals surface area (Å²) in [6, 6.07) is 11.3. The summed E-state index contributed by atoms with van der Waals surface area (Å²) in [5, 5.41) is 13.0. The van der Waals surface area contributed by atoms with Crippen molar-refractivity contribution in [2.45, 2.75) is 104 Å². The molecule has 1 saturated carbocycles. The summed E-state index contributed by atoms with van der Waals surface area (Å²) in [6.45, 7) is 13.5. The monoisotopic (exact) mass is 642 g/mol. The Labute approximate surface area is 280 Å². The number of benzene rings is 1. The average molecular weight is 643 g/mol. The van der Waals surface area contributed by atoms with E-state index in [4.69, 9.17) is 4.98 Å². The minimum Gasteiger partial charge on any atom is -0.392 e. The van der Waals surface area contributed by atoms with E-state index in [0.29, 0.717) is 36.3 Å². The molecular formula is C38H54N6O3. The summed E-state index contributed by atoms with van der Waals surface area (Å²) in [6.07, 6.45) is 6.97. The molecule has 9 nitrogen and oxygen atoms in total. The Morgan fingerprint density at radius 3 is 2.38 bits per heavy atom. The number of pyridine rings is 2. The quantitative estimate of drug-likeness (QED) is 0.258. The van der Waals surface area contributed by atoms with Gasteiger partial charge in [0.2, 0.25) is 0 Å². The summed E-state index contributed by atoms with van der Waals surface area (Å²) in [4.78, 5) is 41.7. The van der Waals surface area contributed by atoms with Gasteiger partial charge >= 0.3 is 0 Å². The molecule has 0 radical (unpaired) electrons. The lowest BCUT2D eigenvalue weighted by molar-refractivity contribution is 0.0950. The highest BCUT2D eigenvalue weighted by Crippen LogP contribution is 2.36. The smallest absolute Gasteiger partial charge is 0.253 e. The summed E-state index contributed by atoms with van der Waals surface area (Å²) in [7, 11) is 4.34. The molecule has 9 heteroatoms. The molecule has 2 aromatic heterocycles. The summed E-state index contributed by atoms with van der Waals surface area (Å²) < 4.78 is 0. The molecule has 1 amide bonds. The number of aryl methyl sites for hydroxylation is 1. The van der Waals surface area contributed by atoms with Crippen molar-refractivity contribution in [1.82, 2.24) is 25.1 Å². The van der Waals surface area contributed by atoms with Gasteiger partial charge < -0.3 is 25.2 Å². The number of carbonyl (C=O) groups is 1. The minimum absolute atomic E-state index is 0.153. The van der Waals surface area contributed by atoms with E-state index in [1.807, 2.05) is 32.2 Å². The first-order chi connectivity index (χ1) is 22.4. The highest BCUT2D eigenvalue weighted by Gasteiger charge is 2.29. The molecule has 5 rings (SSSR count). The normalized spacial score (nSPS) is 20.3. The Balaban J connectivity index is 1.47. The van der Waals surface area contributed by atoms with Gasteiger partial charge in [-0.2, -0.15) is 0 Å². The second-order valence-electron chi connectivity index (χ2n) is 14.1. The zero-order valence-electron chi connectivity index (χ0n) is 29.4. The van der Waals surface area contributed by atoms with Crippen LogP contribution in [0.1, 0.15) is 97.2 Å². The Kier molecular flexibility index (Phi) is 11.2. The van der Waals surface area contributed by atoms with Crippen LogP contribution in [0.15, 0.2) is 41.3 Å². The molecule has 1 aliphatic carbocycles. The van der Waals surface area contributed by atoms with Crippen LogP contribution in [-0.2, 0) is 13.1 Å². The van der Waals surface area contributed by atoms with Crippen molar-refractivity contribution in [2.24, 2.45) is 0 Å². The van der Waals surface area contributed by atoms with Crippen molar-refractivity contribution in [1.29, 1.82) is 0 Å². The van der Waals surface area contributed by atoms with E-state index in [9.17, 15) is 14.7 Å². The van der Waals surface area contributed by atoms with E-state index in [0.717, 1.165) is 84.5 Å². The Morgan fingerprint density at radius 1 is 1.06 bits per heavy atom. The molecule has 254 valence electrons. The molecule has 1 aromatic carbocycles. The number of amides is 1. The zero-order valence-corrected chi connectivity index (χ0v) is 29.4. The molecule has 0 unspecified atom stereocenters. The molecule has 3 heterocycles. The number of likely N-dealkylation sites (tertiary alicyclic amines) is 1. The van der Waals surface area contributed by atoms with Gasteiger partial charge in [0, 0.05) is 79.1 Å². The lowest BCUT2D eigenvalue weighted by atomic mass is 9.88. The minimum atomic E-state index is -0.259. The van der Waals surface area contributed by atoms with Gasteiger partial charge in [0.15, 0.2) is 0 Å². The van der Waals surface area contributed by atoms with Crippen LogP contribution in [0, 0.1) is 13.8 Å². The number of H-pyrrole nitrogens is 1. The number of hydrogen-bond donors (Lipinski definition) is 3. The second kappa shape index (κ2) is 15.1. The van der Waals surface area contributed by atoms with Gasteiger partial charge in [0.1, 0.15) is 0 Å². The van der Waals surface area contributed by atoms with Crippen LogP contribution >= 0.6 is 0 Å². The number of rotatable bonds is 11. The predicted molar refractivity (Wildman–Crippen MR) is 190 cm³/mol. The van der Waals surface area contributed by atoms with Gasteiger partial charge in [0.05, 0.1) is 11.8 Å². The van der Waals surface area contributed by atoms with Crippen LogP contribution < -0.4 is 15.8 Å². The number of aromatic nitrogens is 2. The molecule has 1 saturated heterocycles. The predicted octanol–water partition coefficient (Wildman–Crippen LogP) is 5.37. The van der Waals surface area contributed by atoms with Crippen LogP contribution in [0.5, 0.6) is 0 Å². The molecule has 3 aromatic rings. The number of carbonyl (C=O) groups excluding carboxylic acids is 1. The average Bonchev–Trinajstić information content (AvgIpc) is 3.45. The number of β-amino-alcohol motifs (C(OH)–C–C–N with tert-alkyl or cyclic N) is 1. The number of aliphatic hydroxyl groups is 1. The number of aromatic amines is 1. The van der Waals surface area contributed by atoms with Crippen molar-refractivity contribution in [3.63, 3.8) is 0 Å². The molecule has 1 aliphatic heterocycles. The van der Waals surface area contributed by atoms with E-state index >= 15 is 0 Å². The van der Waals surface area contributed by atoms with E-state index in [1.54, 1.807) is 0 Å². The Morgan fingerprint density at radius 2 is 1.79 bits per heavy atom. The highest BCUT2D eigenvalue weighted by atomic mass is 16.3. The molecule has 2 fully saturated rings. The van der Waals surface area contributed by atoms with Crippen LogP contribution in [0.2, 0.25) is 0 Å². The number of nitrogens with zero attached hydrogens (tertiary/aromatic N) is 4. The Hall–Kier alpha value is -3.53. The first-order valence-electron chi connectivity index (χ1n) is 17.4. The highest BCUT2D eigenvalue weighted by molar-refractivity contribution is 5.99. The van der Waals surface area contributed by atoms with Crippen LogP contribution in [0.3, 0.4) is 0 Å². The number of aliphatic hydroxyl groups excluding tert-OH is 1. The summed E-state index contributed by atoms with van der Waals surface area (Å²) in [5.41, 5.74) is 7.73. The zero-order chi connectivity index (χ0) is 33.8. The van der Waals surface area contributed by atoms with Gasteiger partial charge in [-0.3, -0.25) is 19.5 Å². The van der Waals surface area contributed by atoms with Crippen molar-refractivity contribution in [2.75, 3.05) is 38.6 Å². The SMILES string of the molecule is CCN(c1cc(-c2ccc(CN3CC[C@H](O)C3)nc2)cc(C(=O)NCc2c(C(C)C)cc(C)[nH]c2=O)c1C)C1CCC(N(C)C)CC1. The van der Waals surface area contributed by atoms with E-state index in [1.165, 1.54) is 0 Å². The lowest BCUT2D eigenvalue weighted by Crippen LogP contribution is -2.42. The fourth-order valence-electron chi connectivity index (χ4n) is 7.49. The standard InChI is InChI=1S/C38H54N6O3/c1-8-44(31-13-11-30(12-14-31)42(6)7)36-19-28(27-9-10-29(39-20-27)22-43-16-15-32(45)23-43)18-34(26(36)5)37(46)40-21-35-33(24(2)3)17-25(4)41-38(35)47/h9-10,17-20,24,30-32,45H,8,11-16,21-23H2,1-7H3,(H,40,46)(H,41,47)/t30?,31?,32-/m0/s1. The van der Waals surface area contributed by atoms with Gasteiger partial charge in [0.25, 0.3) is 11.5 Å². The maximum atomic E-state index is 14.0. The van der Waals surface area contributed by atoms with Crippen molar-refractivity contribution < 1.29 is 9.90 Å². The first kappa shape index (κ1) is 34.8. The van der Waals surface area contributed by atoms with Gasteiger partial charge in [-0.1, -0.05) is 19.9 Å². The third-order valence-corrected chi connectivity index (χ3v) is 10.3. The molecule has 0 spiro atoms. The fraction of sp³-hybridized carbons (Fsp3) is 0.553. The van der Waals surface area contributed by atoms with Crippen LogP contribution in [-0.4, -0.2) is 82.7 Å². The van der Waals surface area contributed by atoms with Crippen LogP contribution in [0.4, 0.5) is 5.69 Å². The topological polar surface area (TPSA) is 105 Å². The van der Waals surface area contributed by atoms with Gasteiger partial charge in [-0.15, -0.1) is 0 Å². The molecule has 47 heavy (non-hydrogen) atoms. The van der Waals surface area contributed by atoms with E-state index in [2.05, 4.69) is 78.1 Å². The largest absolute Gasteiger partial charge is 0.392 e. The number of anilines is 1. The molecule has 2 aliphatic rings. The summed E-state index contributed by atoms with van der Waals surface area (Å²) in [5.74, 6) is -0.0314. The third-order valence-electron chi connectivity index (χ3n) is 10.3. The first-order valence-corrected chi connectivity index (χ1v) is 17.4. The fourth-order valence-corrected chi connectivity index (χ4v) is 7.49. The van der Waals surface area contributed by atoms with E-state index < -0.39 is 0 Å². The maximum Gasteiger partial charge on any atom is 0.253 e. The van der Waals surface area contributed by atoms with Gasteiger partial charge in [-0.25, -0.2) is 0 Å². The van der Waals surface area contributed by atoms with Gasteiger partial charge in [-0.05, 0) is 114 Å². The molecule has 0 bridgehead atoms.